The van der Waals surface area contributed by atoms with Gasteiger partial charge in [0.1, 0.15) is 11.5 Å². The maximum Gasteiger partial charge on any atom is 0.215 e. The summed E-state index contributed by atoms with van der Waals surface area (Å²) in [6, 6.07) is 15.5. The molecule has 5 nitrogen and oxygen atoms in total. The molecule has 0 aliphatic rings. The lowest BCUT2D eigenvalue weighted by Crippen LogP contribution is -2.08. The summed E-state index contributed by atoms with van der Waals surface area (Å²) in [4.78, 5) is 20.8. The number of rotatable bonds is 3. The van der Waals surface area contributed by atoms with Crippen LogP contribution in [0.2, 0.25) is 0 Å². The second-order valence-electron chi connectivity index (χ2n) is 4.75. The van der Waals surface area contributed by atoms with Crippen molar-refractivity contribution in [2.24, 2.45) is 0 Å². The molecular weight excluding hydrogens is 276 g/mol. The standard InChI is InChI=1S/C17H13N4O/c18-12-8-6-11(7-9-12)14-4-1-5-15(21-14)16(22)13-3-2-10-20-17(13)19/h1-10,18H,(H2,19,20). The first-order valence-electron chi connectivity index (χ1n) is 6.69. The number of aromatic nitrogens is 2. The van der Waals surface area contributed by atoms with Gasteiger partial charge in [-0.25, -0.2) is 9.97 Å². The molecule has 0 fully saturated rings. The first-order chi connectivity index (χ1) is 10.6. The van der Waals surface area contributed by atoms with E-state index in [1.165, 1.54) is 0 Å². The minimum atomic E-state index is -0.260. The van der Waals surface area contributed by atoms with Crippen LogP contribution in [0.15, 0.2) is 60.8 Å². The Bertz CT molecular complexity index is 828. The zero-order valence-electron chi connectivity index (χ0n) is 11.7. The van der Waals surface area contributed by atoms with Gasteiger partial charge >= 0.3 is 0 Å². The molecule has 0 atom stereocenters. The van der Waals surface area contributed by atoms with Gasteiger partial charge in [-0.05, 0) is 36.4 Å². The van der Waals surface area contributed by atoms with Crippen molar-refractivity contribution in [3.63, 3.8) is 0 Å². The van der Waals surface area contributed by atoms with Gasteiger partial charge in [0.25, 0.3) is 0 Å². The predicted octanol–water partition coefficient (Wildman–Crippen LogP) is 2.87. The van der Waals surface area contributed by atoms with Crippen molar-refractivity contribution in [3.05, 3.63) is 72.1 Å². The number of nitrogens with zero attached hydrogens (tertiary/aromatic N) is 2. The molecule has 1 radical (unpaired) electrons. The first kappa shape index (κ1) is 13.8. The maximum absolute atomic E-state index is 12.5. The highest BCUT2D eigenvalue weighted by Gasteiger charge is 2.14. The summed E-state index contributed by atoms with van der Waals surface area (Å²) >= 11 is 0. The van der Waals surface area contributed by atoms with E-state index in [1.807, 2.05) is 6.07 Å². The topological polar surface area (TPSA) is 92.7 Å². The van der Waals surface area contributed by atoms with E-state index < -0.39 is 0 Å². The molecular formula is C17H13N4O. The number of carbonyl (C=O) groups is 1. The van der Waals surface area contributed by atoms with Crippen molar-refractivity contribution >= 4 is 17.3 Å². The molecule has 3 N–H and O–H groups in total. The molecule has 0 saturated carbocycles. The number of benzene rings is 1. The highest BCUT2D eigenvalue weighted by atomic mass is 16.1. The fourth-order valence-corrected chi connectivity index (χ4v) is 2.11. The second kappa shape index (κ2) is 5.65. The van der Waals surface area contributed by atoms with Crippen LogP contribution in [0, 0.1) is 0 Å². The van der Waals surface area contributed by atoms with Crippen LogP contribution < -0.4 is 11.5 Å². The van der Waals surface area contributed by atoms with E-state index in [2.05, 4.69) is 9.97 Å². The molecule has 0 saturated heterocycles. The summed E-state index contributed by atoms with van der Waals surface area (Å²) in [6.07, 6.45) is 1.54. The Labute approximate surface area is 127 Å². The van der Waals surface area contributed by atoms with Gasteiger partial charge in [0.05, 0.1) is 16.9 Å². The lowest BCUT2D eigenvalue weighted by atomic mass is 10.1. The van der Waals surface area contributed by atoms with Crippen molar-refractivity contribution in [3.8, 4) is 11.3 Å². The number of pyridine rings is 2. The quantitative estimate of drug-likeness (QED) is 0.750. The summed E-state index contributed by atoms with van der Waals surface area (Å²) < 4.78 is 0. The molecule has 0 amide bonds. The molecule has 0 aliphatic heterocycles. The van der Waals surface area contributed by atoms with Crippen molar-refractivity contribution < 1.29 is 4.79 Å². The molecule has 2 aromatic heterocycles. The molecule has 5 heteroatoms. The summed E-state index contributed by atoms with van der Waals surface area (Å²) in [7, 11) is 0. The highest BCUT2D eigenvalue weighted by Crippen LogP contribution is 2.20. The van der Waals surface area contributed by atoms with E-state index in [4.69, 9.17) is 11.5 Å². The van der Waals surface area contributed by atoms with E-state index in [1.54, 1.807) is 54.7 Å². The molecule has 107 valence electrons. The van der Waals surface area contributed by atoms with Gasteiger partial charge in [-0.3, -0.25) is 4.79 Å². The Morgan fingerprint density at radius 2 is 1.77 bits per heavy atom. The number of nitrogens with one attached hydrogen (secondary N) is 1. The molecule has 22 heavy (non-hydrogen) atoms. The molecule has 0 spiro atoms. The Morgan fingerprint density at radius 3 is 2.50 bits per heavy atom. The largest absolute Gasteiger partial charge is 0.383 e. The molecule has 0 unspecified atom stereocenters. The van der Waals surface area contributed by atoms with Crippen molar-refractivity contribution in [1.29, 1.82) is 0 Å². The minimum Gasteiger partial charge on any atom is -0.383 e. The van der Waals surface area contributed by atoms with E-state index in [-0.39, 0.29) is 11.6 Å². The summed E-state index contributed by atoms with van der Waals surface area (Å²) in [5.41, 5.74) is 15.9. The van der Waals surface area contributed by atoms with E-state index in [0.29, 0.717) is 22.6 Å². The van der Waals surface area contributed by atoms with Gasteiger partial charge in [-0.1, -0.05) is 18.2 Å². The van der Waals surface area contributed by atoms with Gasteiger partial charge < -0.3 is 11.5 Å². The normalized spacial score (nSPS) is 10.4. The van der Waals surface area contributed by atoms with Gasteiger partial charge in [-0.2, -0.15) is 0 Å². The molecule has 1 aromatic carbocycles. The number of ketones is 1. The Balaban J connectivity index is 1.99. The SMILES string of the molecule is [NH]c1ccc(-c2cccc(C(=O)c3cccnc3N)n2)cc1. The number of anilines is 1. The molecule has 0 aliphatic carbocycles. The third-order valence-electron chi connectivity index (χ3n) is 3.25. The third-order valence-corrected chi connectivity index (χ3v) is 3.25. The highest BCUT2D eigenvalue weighted by molar-refractivity contribution is 6.10. The van der Waals surface area contributed by atoms with Crippen molar-refractivity contribution in [2.45, 2.75) is 0 Å². The van der Waals surface area contributed by atoms with Crippen LogP contribution >= 0.6 is 0 Å². The summed E-state index contributed by atoms with van der Waals surface area (Å²) in [5.74, 6) is -0.0668. The Morgan fingerprint density at radius 1 is 1.00 bits per heavy atom. The van der Waals surface area contributed by atoms with Gasteiger partial charge in [-0.15, -0.1) is 0 Å². The van der Waals surface area contributed by atoms with Crippen LogP contribution in [-0.4, -0.2) is 15.8 Å². The van der Waals surface area contributed by atoms with Crippen LogP contribution in [0.25, 0.3) is 11.3 Å². The Hall–Kier alpha value is -3.21. The number of nitrogens with two attached hydrogens (primary N) is 1. The fourth-order valence-electron chi connectivity index (χ4n) is 2.11. The predicted molar refractivity (Wildman–Crippen MR) is 84.5 cm³/mol. The van der Waals surface area contributed by atoms with Crippen LogP contribution in [0.4, 0.5) is 11.5 Å². The third kappa shape index (κ3) is 2.64. The van der Waals surface area contributed by atoms with Crippen LogP contribution in [0.3, 0.4) is 0 Å². The zero-order valence-corrected chi connectivity index (χ0v) is 11.7. The molecule has 3 rings (SSSR count). The van der Waals surface area contributed by atoms with Gasteiger partial charge in [0.2, 0.25) is 5.78 Å². The monoisotopic (exact) mass is 289 g/mol. The lowest BCUT2D eigenvalue weighted by molar-refractivity contribution is 0.103. The number of nitrogen functional groups attached to an aromatic ring is 1. The van der Waals surface area contributed by atoms with Gasteiger partial charge in [0.15, 0.2) is 0 Å². The first-order valence-corrected chi connectivity index (χ1v) is 6.69. The number of carbonyl (C=O) groups excluding carboxylic acids is 1. The molecule has 0 bridgehead atoms. The molecule has 2 heterocycles. The zero-order chi connectivity index (χ0) is 15.5. The maximum atomic E-state index is 12.5. The van der Waals surface area contributed by atoms with Crippen LogP contribution in [-0.2, 0) is 0 Å². The van der Waals surface area contributed by atoms with E-state index >= 15 is 0 Å². The smallest absolute Gasteiger partial charge is 0.215 e. The Kier molecular flexibility index (Phi) is 3.53. The van der Waals surface area contributed by atoms with Crippen molar-refractivity contribution in [2.75, 3.05) is 5.73 Å². The van der Waals surface area contributed by atoms with Crippen LogP contribution in [0.1, 0.15) is 16.1 Å². The minimum absolute atomic E-state index is 0.193. The fraction of sp³-hybridized carbons (Fsp3) is 0. The summed E-state index contributed by atoms with van der Waals surface area (Å²) in [5, 5.41) is 0. The second-order valence-corrected chi connectivity index (χ2v) is 4.75. The number of hydrogen-bond acceptors (Lipinski definition) is 4. The van der Waals surface area contributed by atoms with Crippen molar-refractivity contribution in [1.82, 2.24) is 15.7 Å². The van der Waals surface area contributed by atoms with E-state index in [0.717, 1.165) is 5.56 Å². The summed E-state index contributed by atoms with van der Waals surface area (Å²) in [6.45, 7) is 0. The average Bonchev–Trinajstić information content (AvgIpc) is 2.55. The number of hydrogen-bond donors (Lipinski definition) is 1. The average molecular weight is 289 g/mol. The lowest BCUT2D eigenvalue weighted by Gasteiger charge is -2.06. The van der Waals surface area contributed by atoms with Gasteiger partial charge in [0, 0.05) is 11.8 Å². The van der Waals surface area contributed by atoms with E-state index in [9.17, 15) is 4.79 Å². The van der Waals surface area contributed by atoms with Crippen LogP contribution in [0.5, 0.6) is 0 Å². The molecule has 3 aromatic rings.